The van der Waals surface area contributed by atoms with Gasteiger partial charge in [0.1, 0.15) is 5.82 Å². The number of carbonyl (C=O) groups excluding carboxylic acids is 1. The van der Waals surface area contributed by atoms with E-state index in [1.165, 1.54) is 0 Å². The lowest BCUT2D eigenvalue weighted by molar-refractivity contribution is -0.192. The van der Waals surface area contributed by atoms with Crippen LogP contribution in [0.25, 0.3) is 0 Å². The van der Waals surface area contributed by atoms with Crippen LogP contribution in [0.15, 0.2) is 24.4 Å². The highest BCUT2D eigenvalue weighted by atomic mass is 35.5. The van der Waals surface area contributed by atoms with E-state index in [0.717, 1.165) is 37.1 Å². The van der Waals surface area contributed by atoms with Gasteiger partial charge in [0.15, 0.2) is 0 Å². The van der Waals surface area contributed by atoms with Crippen molar-refractivity contribution in [2.75, 3.05) is 24.3 Å². The van der Waals surface area contributed by atoms with Crippen molar-refractivity contribution in [1.29, 1.82) is 0 Å². The van der Waals surface area contributed by atoms with E-state index in [2.05, 4.69) is 20.6 Å². The molecule has 1 aliphatic carbocycles. The number of alkyl halides is 3. The summed E-state index contributed by atoms with van der Waals surface area (Å²) in [7, 11) is 3.85. The van der Waals surface area contributed by atoms with Crippen LogP contribution in [0.4, 0.5) is 24.9 Å². The van der Waals surface area contributed by atoms with Crippen LogP contribution in [0.1, 0.15) is 41.6 Å². The van der Waals surface area contributed by atoms with Crippen molar-refractivity contribution in [2.24, 2.45) is 0 Å². The third-order valence-electron chi connectivity index (χ3n) is 5.19. The third kappa shape index (κ3) is 8.74. The van der Waals surface area contributed by atoms with E-state index in [-0.39, 0.29) is 11.9 Å². The Hall–Kier alpha value is -2.79. The summed E-state index contributed by atoms with van der Waals surface area (Å²) in [6.07, 6.45) is 0.513. The van der Waals surface area contributed by atoms with Crippen molar-refractivity contribution >= 4 is 46.8 Å². The van der Waals surface area contributed by atoms with Crippen LogP contribution in [-0.4, -0.2) is 59.3 Å². The number of aliphatic carboxylic acids is 1. The minimum Gasteiger partial charge on any atom is -0.475 e. The molecule has 0 saturated heterocycles. The lowest BCUT2D eigenvalue weighted by atomic mass is 9.91. The van der Waals surface area contributed by atoms with E-state index in [0.29, 0.717) is 27.6 Å². The first kappa shape index (κ1) is 28.4. The summed E-state index contributed by atoms with van der Waals surface area (Å²) in [4.78, 5) is 32.2. The van der Waals surface area contributed by atoms with E-state index in [9.17, 15) is 18.0 Å². The summed E-state index contributed by atoms with van der Waals surface area (Å²) in [5, 5.41) is 14.6. The molecule has 1 heterocycles. The zero-order valence-corrected chi connectivity index (χ0v) is 20.8. The van der Waals surface area contributed by atoms with Crippen LogP contribution in [0.2, 0.25) is 10.0 Å². The van der Waals surface area contributed by atoms with Crippen LogP contribution in [-0.2, 0) is 4.79 Å². The summed E-state index contributed by atoms with van der Waals surface area (Å²) >= 11 is 11.9. The highest BCUT2D eigenvalue weighted by molar-refractivity contribution is 6.42. The maximum atomic E-state index is 12.4. The molecule has 0 spiro atoms. The predicted octanol–water partition coefficient (Wildman–Crippen LogP) is 4.94. The maximum Gasteiger partial charge on any atom is 0.490 e. The maximum absolute atomic E-state index is 12.4. The summed E-state index contributed by atoms with van der Waals surface area (Å²) in [6.45, 7) is 2.00. The zero-order chi connectivity index (χ0) is 26.3. The molecule has 35 heavy (non-hydrogen) atoms. The number of carboxylic acid groups (broad SMARTS) is 1. The Morgan fingerprint density at radius 2 is 1.66 bits per heavy atom. The standard InChI is InChI=1S/C20H25Cl2N5O.C2HF3O2/c1-12-11-23-20(27(2)3)26-18(12)24-14-5-7-15(8-6-14)25-19(28)13-4-9-16(21)17(22)10-13;3-2(4,5)1(6)7/h4,9-11,14-15H,5-8H2,1-3H3,(H,25,28)(H,23,24,26);(H,6,7)/t14-,15+;. The van der Waals surface area contributed by atoms with Crippen molar-refractivity contribution in [3.63, 3.8) is 0 Å². The minimum absolute atomic E-state index is 0.114. The number of aromatic nitrogens is 2. The van der Waals surface area contributed by atoms with Gasteiger partial charge in [-0.05, 0) is 50.8 Å². The average Bonchev–Trinajstić information content (AvgIpc) is 2.78. The number of carboxylic acids is 1. The van der Waals surface area contributed by atoms with Gasteiger partial charge in [-0.25, -0.2) is 9.78 Å². The lowest BCUT2D eigenvalue weighted by Gasteiger charge is -2.30. The Bertz CT molecular complexity index is 1050. The number of nitrogens with one attached hydrogen (secondary N) is 2. The van der Waals surface area contributed by atoms with Gasteiger partial charge in [0.25, 0.3) is 5.91 Å². The van der Waals surface area contributed by atoms with Gasteiger partial charge in [0.05, 0.1) is 10.0 Å². The lowest BCUT2D eigenvalue weighted by Crippen LogP contribution is -2.40. The molecule has 1 aromatic carbocycles. The monoisotopic (exact) mass is 535 g/mol. The molecule has 1 aromatic heterocycles. The Labute approximate surface area is 210 Å². The van der Waals surface area contributed by atoms with Crippen molar-refractivity contribution in [3.8, 4) is 0 Å². The average molecular weight is 536 g/mol. The molecule has 3 N–H and O–H groups in total. The SMILES string of the molecule is Cc1cnc(N(C)C)nc1N[C@H]1CC[C@@H](NC(=O)c2ccc(Cl)c(Cl)c2)CC1.O=C(O)C(F)(F)F. The van der Waals surface area contributed by atoms with E-state index in [1.807, 2.05) is 32.1 Å². The Morgan fingerprint density at radius 1 is 1.09 bits per heavy atom. The molecule has 1 fully saturated rings. The molecular formula is C22H26Cl2F3N5O3. The first-order valence-corrected chi connectivity index (χ1v) is 11.4. The fraction of sp³-hybridized carbons (Fsp3) is 0.455. The number of halogens is 5. The van der Waals surface area contributed by atoms with Gasteiger partial charge in [-0.3, -0.25) is 4.79 Å². The first-order chi connectivity index (χ1) is 16.3. The second kappa shape index (κ2) is 12.3. The van der Waals surface area contributed by atoms with Gasteiger partial charge in [-0.1, -0.05) is 23.2 Å². The molecule has 0 radical (unpaired) electrons. The number of amides is 1. The topological polar surface area (TPSA) is 107 Å². The van der Waals surface area contributed by atoms with E-state index in [4.69, 9.17) is 33.1 Å². The van der Waals surface area contributed by atoms with Crippen LogP contribution in [0.3, 0.4) is 0 Å². The summed E-state index contributed by atoms with van der Waals surface area (Å²) in [6, 6.07) is 5.43. The molecule has 2 aromatic rings. The number of hydrogen-bond acceptors (Lipinski definition) is 6. The largest absolute Gasteiger partial charge is 0.490 e. The molecule has 1 aliphatic rings. The third-order valence-corrected chi connectivity index (χ3v) is 5.93. The van der Waals surface area contributed by atoms with Gasteiger partial charge in [0, 0.05) is 43.5 Å². The van der Waals surface area contributed by atoms with Crippen LogP contribution >= 0.6 is 23.2 Å². The second-order valence-electron chi connectivity index (χ2n) is 8.19. The molecule has 8 nitrogen and oxygen atoms in total. The second-order valence-corrected chi connectivity index (χ2v) is 9.01. The normalized spacial score (nSPS) is 17.6. The molecule has 1 saturated carbocycles. The summed E-state index contributed by atoms with van der Waals surface area (Å²) in [5.41, 5.74) is 1.56. The molecule has 1 amide bonds. The van der Waals surface area contributed by atoms with Gasteiger partial charge in [0.2, 0.25) is 5.95 Å². The van der Waals surface area contributed by atoms with Crippen molar-refractivity contribution in [2.45, 2.75) is 50.9 Å². The molecule has 0 aliphatic heterocycles. The van der Waals surface area contributed by atoms with Gasteiger partial charge in [-0.15, -0.1) is 0 Å². The van der Waals surface area contributed by atoms with Gasteiger partial charge < -0.3 is 20.6 Å². The molecule has 0 bridgehead atoms. The zero-order valence-electron chi connectivity index (χ0n) is 19.3. The Morgan fingerprint density at radius 3 is 2.17 bits per heavy atom. The number of benzene rings is 1. The Balaban J connectivity index is 0.000000540. The van der Waals surface area contributed by atoms with Crippen LogP contribution < -0.4 is 15.5 Å². The van der Waals surface area contributed by atoms with Crippen molar-refractivity contribution < 1.29 is 27.9 Å². The van der Waals surface area contributed by atoms with Crippen LogP contribution in [0.5, 0.6) is 0 Å². The van der Waals surface area contributed by atoms with Gasteiger partial charge in [-0.2, -0.15) is 18.2 Å². The Kier molecular flexibility index (Phi) is 9.96. The molecule has 13 heteroatoms. The van der Waals surface area contributed by atoms with E-state index in [1.54, 1.807) is 18.2 Å². The predicted molar refractivity (Wildman–Crippen MR) is 128 cm³/mol. The molecule has 3 rings (SSSR count). The number of nitrogens with zero attached hydrogens (tertiary/aromatic N) is 3. The first-order valence-electron chi connectivity index (χ1n) is 10.6. The smallest absolute Gasteiger partial charge is 0.475 e. The fourth-order valence-corrected chi connectivity index (χ4v) is 3.57. The molecule has 192 valence electrons. The van der Waals surface area contributed by atoms with Crippen molar-refractivity contribution in [3.05, 3.63) is 45.6 Å². The highest BCUT2D eigenvalue weighted by Crippen LogP contribution is 2.25. The highest BCUT2D eigenvalue weighted by Gasteiger charge is 2.38. The molecule has 0 unspecified atom stereocenters. The van der Waals surface area contributed by atoms with Gasteiger partial charge >= 0.3 is 12.1 Å². The number of anilines is 2. The quantitative estimate of drug-likeness (QED) is 0.497. The summed E-state index contributed by atoms with van der Waals surface area (Å²) in [5.74, 6) is -1.30. The van der Waals surface area contributed by atoms with Crippen LogP contribution in [0, 0.1) is 6.92 Å². The van der Waals surface area contributed by atoms with E-state index < -0.39 is 12.1 Å². The van der Waals surface area contributed by atoms with Crippen molar-refractivity contribution in [1.82, 2.24) is 15.3 Å². The summed E-state index contributed by atoms with van der Waals surface area (Å²) < 4.78 is 31.7. The number of rotatable bonds is 5. The number of aryl methyl sites for hydroxylation is 1. The fourth-order valence-electron chi connectivity index (χ4n) is 3.28. The van der Waals surface area contributed by atoms with E-state index >= 15 is 0 Å². The minimum atomic E-state index is -5.08. The molecular weight excluding hydrogens is 510 g/mol. The molecule has 0 atom stereocenters. The number of carbonyl (C=O) groups is 2. The number of hydrogen-bond donors (Lipinski definition) is 3.